The first-order valence-corrected chi connectivity index (χ1v) is 9.00. The molecule has 0 bridgehead atoms. The van der Waals surface area contributed by atoms with Crippen LogP contribution >= 0.6 is 11.8 Å². The molecular weight excluding hydrogens is 326 g/mol. The third-order valence-corrected chi connectivity index (χ3v) is 4.60. The monoisotopic (exact) mass is 349 g/mol. The van der Waals surface area contributed by atoms with Crippen molar-refractivity contribution in [2.75, 3.05) is 5.75 Å². The number of fused-ring (bicyclic) bond motifs is 1. The number of aromatic nitrogens is 2. The zero-order chi connectivity index (χ0) is 17.7. The van der Waals surface area contributed by atoms with E-state index in [2.05, 4.69) is 10.3 Å². The summed E-state index contributed by atoms with van der Waals surface area (Å²) in [6.45, 7) is 5.71. The van der Waals surface area contributed by atoms with E-state index in [1.165, 1.54) is 16.3 Å². The molecule has 1 heterocycles. The third-order valence-electron chi connectivity index (χ3n) is 3.63. The molecule has 0 aliphatic rings. The largest absolute Gasteiger partial charge is 0.392 e. The van der Waals surface area contributed by atoms with Gasteiger partial charge in [0.1, 0.15) is 0 Å². The Balaban J connectivity index is 2.30. The van der Waals surface area contributed by atoms with Crippen LogP contribution in [0, 0.1) is 0 Å². The Labute approximate surface area is 145 Å². The number of para-hydroxylation sites is 1. The summed E-state index contributed by atoms with van der Waals surface area (Å²) in [5.41, 5.74) is 0.389. The van der Waals surface area contributed by atoms with E-state index in [-0.39, 0.29) is 29.8 Å². The average Bonchev–Trinajstić information content (AvgIpc) is 2.55. The Hall–Kier alpha value is -1.86. The lowest BCUT2D eigenvalue weighted by molar-refractivity contribution is -0.119. The molecule has 0 unspecified atom stereocenters. The van der Waals surface area contributed by atoms with Crippen molar-refractivity contribution in [1.82, 2.24) is 14.9 Å². The Morgan fingerprint density at radius 1 is 1.38 bits per heavy atom. The van der Waals surface area contributed by atoms with E-state index in [1.807, 2.05) is 19.9 Å². The van der Waals surface area contributed by atoms with Crippen LogP contribution in [0.4, 0.5) is 0 Å². The molecule has 0 saturated heterocycles. The highest BCUT2D eigenvalue weighted by atomic mass is 32.2. The average molecular weight is 349 g/mol. The lowest BCUT2D eigenvalue weighted by Gasteiger charge is -2.15. The quantitative estimate of drug-likeness (QED) is 0.588. The van der Waals surface area contributed by atoms with Crippen LogP contribution in [0.3, 0.4) is 0 Å². The smallest absolute Gasteiger partial charge is 0.262 e. The van der Waals surface area contributed by atoms with E-state index < -0.39 is 6.10 Å². The van der Waals surface area contributed by atoms with E-state index in [4.69, 9.17) is 0 Å². The van der Waals surface area contributed by atoms with Crippen LogP contribution in [0.15, 0.2) is 34.2 Å². The van der Waals surface area contributed by atoms with E-state index in [0.717, 1.165) is 6.42 Å². The van der Waals surface area contributed by atoms with Crippen molar-refractivity contribution in [3.8, 4) is 0 Å². The Morgan fingerprint density at radius 3 is 2.75 bits per heavy atom. The highest BCUT2D eigenvalue weighted by Gasteiger charge is 2.15. The normalized spacial score (nSPS) is 13.7. The molecule has 6 nitrogen and oxygen atoms in total. The number of hydrogen-bond acceptors (Lipinski definition) is 5. The maximum atomic E-state index is 12.7. The van der Waals surface area contributed by atoms with Crippen molar-refractivity contribution in [2.45, 2.75) is 51.0 Å². The van der Waals surface area contributed by atoms with Crippen LogP contribution in [0.5, 0.6) is 0 Å². The molecule has 1 aromatic heterocycles. The first kappa shape index (κ1) is 18.5. The number of aliphatic hydroxyl groups is 1. The van der Waals surface area contributed by atoms with Crippen LogP contribution in [-0.2, 0) is 11.3 Å². The molecule has 2 atom stereocenters. The van der Waals surface area contributed by atoms with Gasteiger partial charge in [0.15, 0.2) is 5.16 Å². The molecule has 1 aromatic carbocycles. The molecule has 24 heavy (non-hydrogen) atoms. The Morgan fingerprint density at radius 2 is 2.08 bits per heavy atom. The van der Waals surface area contributed by atoms with Crippen LogP contribution in [0.1, 0.15) is 27.2 Å². The maximum absolute atomic E-state index is 12.7. The minimum absolute atomic E-state index is 0.0969. The fourth-order valence-electron chi connectivity index (χ4n) is 2.23. The van der Waals surface area contributed by atoms with Crippen LogP contribution in [0.2, 0.25) is 0 Å². The van der Waals surface area contributed by atoms with Gasteiger partial charge in [0.25, 0.3) is 5.56 Å². The number of benzene rings is 1. The van der Waals surface area contributed by atoms with Gasteiger partial charge in [0.05, 0.1) is 29.3 Å². The number of amides is 1. The minimum Gasteiger partial charge on any atom is -0.392 e. The van der Waals surface area contributed by atoms with E-state index >= 15 is 0 Å². The second kappa shape index (κ2) is 8.30. The van der Waals surface area contributed by atoms with Gasteiger partial charge in [-0.3, -0.25) is 14.2 Å². The SMILES string of the molecule is CC[C@@H](C)NC(=O)CSc1nc2ccccc2c(=O)n1C[C@H](C)O. The minimum atomic E-state index is -0.682. The molecule has 0 radical (unpaired) electrons. The summed E-state index contributed by atoms with van der Waals surface area (Å²) >= 11 is 1.21. The summed E-state index contributed by atoms with van der Waals surface area (Å²) in [5, 5.41) is 13.5. The van der Waals surface area contributed by atoms with Crippen LogP contribution < -0.4 is 10.9 Å². The van der Waals surface area contributed by atoms with Crippen molar-refractivity contribution >= 4 is 28.6 Å². The molecule has 0 aliphatic heterocycles. The summed E-state index contributed by atoms with van der Waals surface area (Å²) < 4.78 is 1.44. The molecule has 0 spiro atoms. The van der Waals surface area contributed by atoms with Gasteiger partial charge in [-0.15, -0.1) is 0 Å². The number of carbonyl (C=O) groups excluding carboxylic acids is 1. The van der Waals surface area contributed by atoms with Gasteiger partial charge in [0.2, 0.25) is 5.91 Å². The fourth-order valence-corrected chi connectivity index (χ4v) is 3.05. The van der Waals surface area contributed by atoms with E-state index in [9.17, 15) is 14.7 Å². The Bertz CT molecular complexity index is 773. The number of hydrogen-bond donors (Lipinski definition) is 2. The third kappa shape index (κ3) is 4.58. The highest BCUT2D eigenvalue weighted by Crippen LogP contribution is 2.18. The lowest BCUT2D eigenvalue weighted by Crippen LogP contribution is -2.33. The summed E-state index contributed by atoms with van der Waals surface area (Å²) in [5.74, 6) is 0.0786. The molecule has 130 valence electrons. The summed E-state index contributed by atoms with van der Waals surface area (Å²) in [6, 6.07) is 7.20. The van der Waals surface area contributed by atoms with Crippen LogP contribution in [-0.4, -0.2) is 38.5 Å². The summed E-state index contributed by atoms with van der Waals surface area (Å²) in [6.07, 6.45) is 0.177. The van der Waals surface area contributed by atoms with Gasteiger partial charge in [-0.2, -0.15) is 0 Å². The van der Waals surface area contributed by atoms with E-state index in [1.54, 1.807) is 25.1 Å². The van der Waals surface area contributed by atoms with Gasteiger partial charge < -0.3 is 10.4 Å². The topological polar surface area (TPSA) is 84.2 Å². The number of aliphatic hydroxyl groups excluding tert-OH is 1. The van der Waals surface area contributed by atoms with Gasteiger partial charge in [-0.05, 0) is 32.4 Å². The molecule has 2 N–H and O–H groups in total. The Kier molecular flexibility index (Phi) is 6.39. The number of carbonyl (C=O) groups is 1. The predicted molar refractivity (Wildman–Crippen MR) is 96.3 cm³/mol. The van der Waals surface area contributed by atoms with Crippen LogP contribution in [0.25, 0.3) is 10.9 Å². The number of nitrogens with one attached hydrogen (secondary N) is 1. The van der Waals surface area contributed by atoms with Crippen molar-refractivity contribution < 1.29 is 9.90 Å². The number of thioether (sulfide) groups is 1. The molecule has 0 saturated carbocycles. The lowest BCUT2D eigenvalue weighted by atomic mass is 10.2. The molecule has 2 aromatic rings. The van der Waals surface area contributed by atoms with Crippen molar-refractivity contribution in [2.24, 2.45) is 0 Å². The molecule has 0 aliphatic carbocycles. The van der Waals surface area contributed by atoms with Gasteiger partial charge >= 0.3 is 0 Å². The molecule has 7 heteroatoms. The zero-order valence-corrected chi connectivity index (χ0v) is 15.0. The van der Waals surface area contributed by atoms with Crippen molar-refractivity contribution in [3.05, 3.63) is 34.6 Å². The first-order chi connectivity index (χ1) is 11.4. The van der Waals surface area contributed by atoms with Crippen molar-refractivity contribution in [1.29, 1.82) is 0 Å². The van der Waals surface area contributed by atoms with Gasteiger partial charge in [-0.1, -0.05) is 30.8 Å². The highest BCUT2D eigenvalue weighted by molar-refractivity contribution is 7.99. The van der Waals surface area contributed by atoms with E-state index in [0.29, 0.717) is 16.1 Å². The van der Waals surface area contributed by atoms with Gasteiger partial charge in [0, 0.05) is 6.04 Å². The maximum Gasteiger partial charge on any atom is 0.262 e. The summed E-state index contributed by atoms with van der Waals surface area (Å²) in [4.78, 5) is 29.1. The first-order valence-electron chi connectivity index (χ1n) is 8.02. The molecule has 2 rings (SSSR count). The second-order valence-electron chi connectivity index (χ2n) is 5.84. The predicted octanol–water partition coefficient (Wildman–Crippen LogP) is 1.78. The number of nitrogens with zero attached hydrogens (tertiary/aromatic N) is 2. The standard InChI is InChI=1S/C17H23N3O3S/c1-4-11(2)18-15(22)10-24-17-19-14-8-6-5-7-13(14)16(23)20(17)9-12(3)21/h5-8,11-12,21H,4,9-10H2,1-3H3,(H,18,22)/t11-,12+/m1/s1. The zero-order valence-electron chi connectivity index (χ0n) is 14.2. The number of rotatable bonds is 7. The molecule has 1 amide bonds. The summed E-state index contributed by atoms with van der Waals surface area (Å²) in [7, 11) is 0. The van der Waals surface area contributed by atoms with Gasteiger partial charge in [-0.25, -0.2) is 4.98 Å². The fraction of sp³-hybridized carbons (Fsp3) is 0.471. The second-order valence-corrected chi connectivity index (χ2v) is 6.78. The molecular formula is C17H23N3O3S. The van der Waals surface area contributed by atoms with Crippen molar-refractivity contribution in [3.63, 3.8) is 0 Å². The molecule has 0 fully saturated rings.